The van der Waals surface area contributed by atoms with Crippen molar-refractivity contribution in [3.8, 4) is 0 Å². The number of fused-ring (bicyclic) bond motifs is 1. The number of aromatic nitrogens is 5. The number of benzene rings is 2. The minimum Gasteiger partial charge on any atom is -0.320 e. The van der Waals surface area contributed by atoms with Gasteiger partial charge < -0.3 is 5.32 Å². The summed E-state index contributed by atoms with van der Waals surface area (Å²) in [6.45, 7) is 3.88. The van der Waals surface area contributed by atoms with Crippen LogP contribution >= 0.6 is 0 Å². The maximum Gasteiger partial charge on any atom is 0.273 e. The van der Waals surface area contributed by atoms with Gasteiger partial charge >= 0.3 is 0 Å². The first-order valence-electron chi connectivity index (χ1n) is 12.0. The second-order valence-corrected chi connectivity index (χ2v) is 8.74. The first kappa shape index (κ1) is 23.9. The van der Waals surface area contributed by atoms with E-state index >= 15 is 0 Å². The highest BCUT2D eigenvalue weighted by Gasteiger charge is 2.17. The van der Waals surface area contributed by atoms with Crippen LogP contribution in [0.5, 0.6) is 0 Å². The minimum atomic E-state index is -0.271. The molecule has 0 bridgehead atoms. The van der Waals surface area contributed by atoms with E-state index in [1.54, 1.807) is 53.1 Å². The van der Waals surface area contributed by atoms with E-state index < -0.39 is 0 Å². The quantitative estimate of drug-likeness (QED) is 0.319. The molecule has 0 saturated carbocycles. The number of hydrogen-bond acceptors (Lipinski definition) is 5. The van der Waals surface area contributed by atoms with E-state index in [1.807, 2.05) is 62.5 Å². The number of hydrogen-bond donors (Lipinski definition) is 1. The third kappa shape index (κ3) is 4.95. The zero-order valence-electron chi connectivity index (χ0n) is 20.8. The van der Waals surface area contributed by atoms with Gasteiger partial charge in [0.2, 0.25) is 0 Å². The van der Waals surface area contributed by atoms with Crippen molar-refractivity contribution in [2.75, 3.05) is 5.32 Å². The Balaban J connectivity index is 1.41. The molecule has 0 aliphatic carbocycles. The number of carbonyl (C=O) groups excluding carboxylic acids is 2. The molecule has 3 aromatic heterocycles. The van der Waals surface area contributed by atoms with Crippen LogP contribution < -0.4 is 5.32 Å². The van der Waals surface area contributed by atoms with E-state index in [2.05, 4.69) is 20.5 Å². The summed E-state index contributed by atoms with van der Waals surface area (Å²) in [4.78, 5) is 30.6. The molecule has 1 N–H and O–H groups in total. The van der Waals surface area contributed by atoms with Crippen molar-refractivity contribution in [2.24, 2.45) is 7.05 Å². The van der Waals surface area contributed by atoms with Crippen LogP contribution in [0, 0.1) is 6.92 Å². The van der Waals surface area contributed by atoms with Gasteiger partial charge in [-0.1, -0.05) is 37.3 Å². The average Bonchev–Trinajstić information content (AvgIpc) is 3.51. The fraction of sp³-hybridized carbons (Fsp3) is 0.138. The van der Waals surface area contributed by atoms with Crippen molar-refractivity contribution in [1.29, 1.82) is 0 Å². The topological polar surface area (TPSA) is 94.7 Å². The molecule has 5 aromatic rings. The maximum atomic E-state index is 13.4. The van der Waals surface area contributed by atoms with Crippen molar-refractivity contribution in [2.45, 2.75) is 20.3 Å². The fourth-order valence-electron chi connectivity index (χ4n) is 4.08. The number of ketones is 1. The SMILES string of the molecule is CCc1cc(C(=O)Nc2cc(C(=O)c3ccc4cnn(C=Cc5ccccn5)c4c3)ccc2C)n(C)n1. The molecule has 8 heteroatoms. The first-order chi connectivity index (χ1) is 17.9. The van der Waals surface area contributed by atoms with Crippen LogP contribution in [0.15, 0.2) is 73.1 Å². The van der Waals surface area contributed by atoms with Crippen LogP contribution in [0.3, 0.4) is 0 Å². The van der Waals surface area contributed by atoms with Gasteiger partial charge in [-0.15, -0.1) is 0 Å². The average molecular weight is 491 g/mol. The number of nitrogens with one attached hydrogen (secondary N) is 1. The van der Waals surface area contributed by atoms with Gasteiger partial charge in [0.05, 0.1) is 23.1 Å². The Morgan fingerprint density at radius 3 is 2.59 bits per heavy atom. The molecule has 0 aliphatic heterocycles. The van der Waals surface area contributed by atoms with E-state index in [-0.39, 0.29) is 11.7 Å². The molecule has 5 rings (SSSR count). The summed E-state index contributed by atoms with van der Waals surface area (Å²) in [5.41, 5.74) is 5.38. The molecule has 3 heterocycles. The Morgan fingerprint density at radius 1 is 1.03 bits per heavy atom. The minimum absolute atomic E-state index is 0.146. The third-order valence-corrected chi connectivity index (χ3v) is 6.21. The van der Waals surface area contributed by atoms with Crippen molar-refractivity contribution in [1.82, 2.24) is 24.5 Å². The van der Waals surface area contributed by atoms with Crippen molar-refractivity contribution >= 4 is 40.6 Å². The Bertz CT molecular complexity index is 1650. The van der Waals surface area contributed by atoms with E-state index in [4.69, 9.17) is 0 Å². The Labute approximate surface area is 214 Å². The highest BCUT2D eigenvalue weighted by Crippen LogP contribution is 2.23. The molecule has 1 amide bonds. The lowest BCUT2D eigenvalue weighted by Gasteiger charge is -2.11. The van der Waals surface area contributed by atoms with Crippen molar-refractivity contribution < 1.29 is 9.59 Å². The molecule has 2 aromatic carbocycles. The number of carbonyl (C=O) groups is 2. The summed E-state index contributed by atoms with van der Waals surface area (Å²) in [5.74, 6) is -0.417. The molecular weight excluding hydrogens is 464 g/mol. The third-order valence-electron chi connectivity index (χ3n) is 6.21. The van der Waals surface area contributed by atoms with Gasteiger partial charge in [-0.3, -0.25) is 19.3 Å². The standard InChI is InChI=1S/C29H26N6O2/c1-4-23-17-27(34(3)33-23)29(37)32-25-15-20(9-8-19(25)2)28(36)21-10-11-22-18-31-35(26(22)16-21)14-12-24-7-5-6-13-30-24/h5-18H,4H2,1-3H3,(H,32,37). The van der Waals surface area contributed by atoms with Crippen LogP contribution in [-0.2, 0) is 13.5 Å². The van der Waals surface area contributed by atoms with Gasteiger partial charge in [-0.05, 0) is 55.3 Å². The maximum absolute atomic E-state index is 13.4. The Hall–Kier alpha value is -4.85. The summed E-state index contributed by atoms with van der Waals surface area (Å²) in [6.07, 6.45) is 7.91. The summed E-state index contributed by atoms with van der Waals surface area (Å²) in [6, 6.07) is 18.3. The highest BCUT2D eigenvalue weighted by atomic mass is 16.2. The lowest BCUT2D eigenvalue weighted by Crippen LogP contribution is -2.17. The van der Waals surface area contributed by atoms with Crippen LogP contribution in [0.2, 0.25) is 0 Å². The summed E-state index contributed by atoms with van der Waals surface area (Å²) in [7, 11) is 1.74. The van der Waals surface area contributed by atoms with Crippen LogP contribution in [0.4, 0.5) is 5.69 Å². The smallest absolute Gasteiger partial charge is 0.273 e. The molecule has 0 spiro atoms. The van der Waals surface area contributed by atoms with E-state index in [0.29, 0.717) is 22.5 Å². The van der Waals surface area contributed by atoms with Crippen LogP contribution in [0.25, 0.3) is 23.2 Å². The number of anilines is 1. The first-order valence-corrected chi connectivity index (χ1v) is 12.0. The number of pyridine rings is 1. The molecule has 8 nitrogen and oxygen atoms in total. The zero-order chi connectivity index (χ0) is 25.9. The van der Waals surface area contributed by atoms with Gasteiger partial charge in [0.25, 0.3) is 5.91 Å². The lowest BCUT2D eigenvalue weighted by atomic mass is 10.00. The van der Waals surface area contributed by atoms with Gasteiger partial charge in [0.1, 0.15) is 5.69 Å². The van der Waals surface area contributed by atoms with E-state index in [0.717, 1.165) is 34.3 Å². The highest BCUT2D eigenvalue weighted by molar-refractivity contribution is 6.12. The molecular formula is C29H26N6O2. The predicted octanol–water partition coefficient (Wildman–Crippen LogP) is 5.15. The van der Waals surface area contributed by atoms with Gasteiger partial charge in [-0.25, -0.2) is 4.68 Å². The molecule has 0 atom stereocenters. The van der Waals surface area contributed by atoms with Crippen molar-refractivity contribution in [3.05, 3.63) is 107 Å². The monoisotopic (exact) mass is 490 g/mol. The van der Waals surface area contributed by atoms with Crippen molar-refractivity contribution in [3.63, 3.8) is 0 Å². The Morgan fingerprint density at radius 2 is 1.84 bits per heavy atom. The molecule has 184 valence electrons. The summed E-state index contributed by atoms with van der Waals surface area (Å²) < 4.78 is 3.29. The number of nitrogens with zero attached hydrogens (tertiary/aromatic N) is 5. The number of rotatable bonds is 7. The molecule has 0 saturated heterocycles. The second kappa shape index (κ2) is 10.0. The number of aryl methyl sites for hydroxylation is 3. The van der Waals surface area contributed by atoms with Crippen LogP contribution in [0.1, 0.15) is 50.3 Å². The zero-order valence-corrected chi connectivity index (χ0v) is 20.8. The second-order valence-electron chi connectivity index (χ2n) is 8.74. The summed E-state index contributed by atoms with van der Waals surface area (Å²) in [5, 5.41) is 12.6. The predicted molar refractivity (Wildman–Crippen MR) is 144 cm³/mol. The molecule has 0 aliphatic rings. The lowest BCUT2D eigenvalue weighted by molar-refractivity contribution is 0.101. The van der Waals surface area contributed by atoms with E-state index in [1.165, 1.54) is 0 Å². The number of amides is 1. The molecule has 37 heavy (non-hydrogen) atoms. The largest absolute Gasteiger partial charge is 0.320 e. The summed E-state index contributed by atoms with van der Waals surface area (Å²) >= 11 is 0. The van der Waals surface area contributed by atoms with Gasteiger partial charge in [0.15, 0.2) is 5.78 Å². The molecule has 0 radical (unpaired) electrons. The Kier molecular flexibility index (Phi) is 6.47. The molecule has 0 unspecified atom stereocenters. The normalized spacial score (nSPS) is 11.3. The molecule has 0 fully saturated rings. The van der Waals surface area contributed by atoms with Gasteiger partial charge in [-0.2, -0.15) is 10.2 Å². The van der Waals surface area contributed by atoms with Crippen LogP contribution in [-0.4, -0.2) is 36.2 Å². The van der Waals surface area contributed by atoms with Gasteiger partial charge in [0, 0.05) is 41.6 Å². The fourth-order valence-corrected chi connectivity index (χ4v) is 4.08. The van der Waals surface area contributed by atoms with E-state index in [9.17, 15) is 9.59 Å².